The molecule has 3 N–H and O–H groups in total. The lowest BCUT2D eigenvalue weighted by molar-refractivity contribution is -0.0504. The number of rotatable bonds is 8. The molecular weight excluding hydrogens is 392 g/mol. The number of hydrogen-bond acceptors (Lipinski definition) is 4. The zero-order valence-electron chi connectivity index (χ0n) is 15.5. The first-order valence-corrected chi connectivity index (χ1v) is 8.92. The van der Waals surface area contributed by atoms with E-state index in [0.29, 0.717) is 34.4 Å². The van der Waals surface area contributed by atoms with Crippen LogP contribution in [0.4, 0.5) is 8.78 Å². The third-order valence-electron chi connectivity index (χ3n) is 3.72. The predicted molar refractivity (Wildman–Crippen MR) is 104 cm³/mol. The van der Waals surface area contributed by atoms with Gasteiger partial charge in [0.15, 0.2) is 5.96 Å². The highest BCUT2D eigenvalue weighted by Gasteiger charge is 2.11. The third-order valence-corrected chi connectivity index (χ3v) is 3.96. The van der Waals surface area contributed by atoms with E-state index in [1.165, 1.54) is 18.2 Å². The smallest absolute Gasteiger partial charge is 0.387 e. The van der Waals surface area contributed by atoms with Gasteiger partial charge in [0.2, 0.25) is 0 Å². The van der Waals surface area contributed by atoms with Crippen molar-refractivity contribution in [1.82, 2.24) is 10.6 Å². The van der Waals surface area contributed by atoms with Crippen molar-refractivity contribution in [2.75, 3.05) is 13.7 Å². The van der Waals surface area contributed by atoms with Crippen molar-refractivity contribution in [3.8, 4) is 17.2 Å². The molecule has 9 heteroatoms. The quantitative estimate of drug-likeness (QED) is 0.452. The van der Waals surface area contributed by atoms with Crippen molar-refractivity contribution in [3.63, 3.8) is 0 Å². The van der Waals surface area contributed by atoms with Gasteiger partial charge in [-0.2, -0.15) is 8.78 Å². The zero-order chi connectivity index (χ0) is 20.5. The van der Waals surface area contributed by atoms with E-state index < -0.39 is 6.61 Å². The number of methoxy groups -OCH3 is 1. The predicted octanol–water partition coefficient (Wildman–Crippen LogP) is 3.91. The van der Waals surface area contributed by atoms with Gasteiger partial charge in [0, 0.05) is 29.2 Å². The molecule has 0 aliphatic carbocycles. The van der Waals surface area contributed by atoms with E-state index in [2.05, 4.69) is 20.4 Å². The summed E-state index contributed by atoms with van der Waals surface area (Å²) in [5.74, 6) is 1.19. The number of guanidine groups is 1. The zero-order valence-corrected chi connectivity index (χ0v) is 16.3. The summed E-state index contributed by atoms with van der Waals surface area (Å²) in [5, 5.41) is 16.5. The van der Waals surface area contributed by atoms with Crippen molar-refractivity contribution in [3.05, 3.63) is 52.5 Å². The topological polar surface area (TPSA) is 75.1 Å². The van der Waals surface area contributed by atoms with Crippen LogP contribution in [0, 0.1) is 0 Å². The van der Waals surface area contributed by atoms with Crippen LogP contribution in [0.1, 0.15) is 18.1 Å². The summed E-state index contributed by atoms with van der Waals surface area (Å²) in [6.45, 7) is -0.102. The average molecular weight is 414 g/mol. The van der Waals surface area contributed by atoms with E-state index >= 15 is 0 Å². The number of benzene rings is 2. The first kappa shape index (κ1) is 21.6. The van der Waals surface area contributed by atoms with Crippen LogP contribution < -0.4 is 20.1 Å². The number of nitrogens with one attached hydrogen (secondary N) is 2. The van der Waals surface area contributed by atoms with E-state index in [4.69, 9.17) is 16.3 Å². The minimum atomic E-state index is -2.94. The molecule has 152 valence electrons. The van der Waals surface area contributed by atoms with Crippen LogP contribution in [0.25, 0.3) is 0 Å². The number of aromatic hydroxyl groups is 1. The van der Waals surface area contributed by atoms with Gasteiger partial charge in [-0.3, -0.25) is 0 Å². The second kappa shape index (κ2) is 10.6. The minimum absolute atomic E-state index is 0.0180. The molecule has 0 bridgehead atoms. The molecule has 0 unspecified atom stereocenters. The van der Waals surface area contributed by atoms with Crippen LogP contribution in [0.15, 0.2) is 41.4 Å². The van der Waals surface area contributed by atoms with Gasteiger partial charge in [-0.1, -0.05) is 11.6 Å². The molecule has 0 amide bonds. The maximum absolute atomic E-state index is 12.6. The Labute approximate surface area is 167 Å². The number of alkyl halides is 2. The lowest BCUT2D eigenvalue weighted by atomic mass is 10.2. The van der Waals surface area contributed by atoms with Gasteiger partial charge in [-0.15, -0.1) is 0 Å². The summed E-state index contributed by atoms with van der Waals surface area (Å²) in [6.07, 6.45) is 0. The Balaban J connectivity index is 2.14. The molecule has 0 atom stereocenters. The molecule has 0 radical (unpaired) electrons. The van der Waals surface area contributed by atoms with Crippen LogP contribution in [-0.2, 0) is 13.1 Å². The monoisotopic (exact) mass is 413 g/mol. The summed E-state index contributed by atoms with van der Waals surface area (Å²) < 4.78 is 34.8. The first-order chi connectivity index (χ1) is 13.4. The summed E-state index contributed by atoms with van der Waals surface area (Å²) in [4.78, 5) is 4.38. The Bertz CT molecular complexity index is 819. The molecule has 2 rings (SSSR count). The molecule has 0 aliphatic heterocycles. The van der Waals surface area contributed by atoms with Crippen LogP contribution in [0.5, 0.6) is 17.2 Å². The third kappa shape index (κ3) is 6.45. The Kier molecular flexibility index (Phi) is 8.13. The van der Waals surface area contributed by atoms with Gasteiger partial charge in [0.25, 0.3) is 0 Å². The molecule has 0 aromatic heterocycles. The highest BCUT2D eigenvalue weighted by Crippen LogP contribution is 2.25. The number of phenols is 1. The second-order valence-corrected chi connectivity index (χ2v) is 6.11. The molecular formula is C19H22ClF2N3O3. The second-order valence-electron chi connectivity index (χ2n) is 5.67. The molecule has 0 spiro atoms. The highest BCUT2D eigenvalue weighted by molar-refractivity contribution is 6.30. The Morgan fingerprint density at radius 1 is 1.18 bits per heavy atom. The molecule has 28 heavy (non-hydrogen) atoms. The fraction of sp³-hybridized carbons (Fsp3) is 0.316. The molecule has 6 nitrogen and oxygen atoms in total. The summed E-state index contributed by atoms with van der Waals surface area (Å²) >= 11 is 5.95. The summed E-state index contributed by atoms with van der Waals surface area (Å²) in [5.41, 5.74) is 1.05. The van der Waals surface area contributed by atoms with Crippen molar-refractivity contribution >= 4 is 17.6 Å². The summed E-state index contributed by atoms with van der Waals surface area (Å²) in [6, 6.07) is 9.29. The van der Waals surface area contributed by atoms with Crippen molar-refractivity contribution in [2.45, 2.75) is 26.6 Å². The molecule has 2 aromatic carbocycles. The molecule has 0 saturated heterocycles. The number of hydrogen-bond donors (Lipinski definition) is 3. The van der Waals surface area contributed by atoms with Gasteiger partial charge >= 0.3 is 6.61 Å². The fourth-order valence-corrected chi connectivity index (χ4v) is 2.59. The van der Waals surface area contributed by atoms with Gasteiger partial charge < -0.3 is 25.2 Å². The average Bonchev–Trinajstić information content (AvgIpc) is 2.66. The van der Waals surface area contributed by atoms with E-state index in [0.717, 1.165) is 0 Å². The van der Waals surface area contributed by atoms with Crippen LogP contribution in [0.2, 0.25) is 5.02 Å². The number of ether oxygens (including phenoxy) is 2. The van der Waals surface area contributed by atoms with Crippen molar-refractivity contribution in [1.29, 1.82) is 0 Å². The van der Waals surface area contributed by atoms with Gasteiger partial charge in [-0.25, -0.2) is 4.99 Å². The Morgan fingerprint density at radius 3 is 2.64 bits per heavy atom. The maximum Gasteiger partial charge on any atom is 0.387 e. The SMILES string of the molecule is CCNC(=NCc1cc(Cl)ccc1OC(F)F)NCc1cc(OC)ccc1O. The molecule has 0 fully saturated rings. The summed E-state index contributed by atoms with van der Waals surface area (Å²) in [7, 11) is 1.54. The largest absolute Gasteiger partial charge is 0.508 e. The standard InChI is InChI=1S/C19H22ClF2N3O3/c1-3-23-19(24-10-12-9-15(27-2)5-6-16(12)26)25-11-13-8-14(20)4-7-17(13)28-18(21)22/h4-9,18,26H,3,10-11H2,1-2H3,(H2,23,24,25). The Morgan fingerprint density at radius 2 is 1.96 bits per heavy atom. The normalized spacial score (nSPS) is 11.4. The lowest BCUT2D eigenvalue weighted by Gasteiger charge is -2.14. The van der Waals surface area contributed by atoms with Gasteiger partial charge in [-0.05, 0) is 43.3 Å². The van der Waals surface area contributed by atoms with E-state index in [9.17, 15) is 13.9 Å². The molecule has 0 aliphatic rings. The number of nitrogens with zero attached hydrogens (tertiary/aromatic N) is 1. The minimum Gasteiger partial charge on any atom is -0.508 e. The van der Waals surface area contributed by atoms with Gasteiger partial charge in [0.1, 0.15) is 17.2 Å². The first-order valence-electron chi connectivity index (χ1n) is 8.54. The van der Waals surface area contributed by atoms with Crippen LogP contribution in [-0.4, -0.2) is 31.3 Å². The van der Waals surface area contributed by atoms with Crippen molar-refractivity contribution in [2.24, 2.45) is 4.99 Å². The maximum atomic E-state index is 12.6. The molecule has 0 heterocycles. The van der Waals surface area contributed by atoms with Crippen molar-refractivity contribution < 1.29 is 23.4 Å². The fourth-order valence-electron chi connectivity index (χ4n) is 2.40. The van der Waals surface area contributed by atoms with E-state index in [1.807, 2.05) is 6.92 Å². The molecule has 2 aromatic rings. The number of aliphatic imine (C=N–C) groups is 1. The van der Waals surface area contributed by atoms with E-state index in [-0.39, 0.29) is 24.6 Å². The highest BCUT2D eigenvalue weighted by atomic mass is 35.5. The molecule has 0 saturated carbocycles. The lowest BCUT2D eigenvalue weighted by Crippen LogP contribution is -2.36. The van der Waals surface area contributed by atoms with Crippen LogP contribution in [0.3, 0.4) is 0 Å². The Hall–Kier alpha value is -2.74. The number of phenolic OH excluding ortho intramolecular Hbond substituents is 1. The number of halogens is 3. The van der Waals surface area contributed by atoms with Crippen LogP contribution >= 0.6 is 11.6 Å². The van der Waals surface area contributed by atoms with Gasteiger partial charge in [0.05, 0.1) is 13.7 Å². The van der Waals surface area contributed by atoms with E-state index in [1.54, 1.807) is 25.3 Å².